The minimum absolute atomic E-state index is 0.141. The molecular weight excluding hydrogens is 432 g/mol. The fraction of sp³-hybridized carbons (Fsp3) is 0.0909. The zero-order valence-corrected chi connectivity index (χ0v) is 17.4. The molecule has 2 aromatic heterocycles. The van der Waals surface area contributed by atoms with Gasteiger partial charge in [0.25, 0.3) is 0 Å². The van der Waals surface area contributed by atoms with Gasteiger partial charge in [-0.2, -0.15) is 10.2 Å². The highest BCUT2D eigenvalue weighted by molar-refractivity contribution is 9.10. The maximum absolute atomic E-state index is 13.3. The first-order chi connectivity index (χ1) is 14.0. The molecule has 0 unspecified atom stereocenters. The number of benzene rings is 2. The highest BCUT2D eigenvalue weighted by Gasteiger charge is 2.24. The van der Waals surface area contributed by atoms with Gasteiger partial charge in [0.15, 0.2) is 11.6 Å². The molecule has 0 radical (unpaired) electrons. The van der Waals surface area contributed by atoms with Gasteiger partial charge in [-0.15, -0.1) is 0 Å². The summed E-state index contributed by atoms with van der Waals surface area (Å²) in [5.41, 5.74) is 3.14. The molecule has 6 nitrogen and oxygen atoms in total. The summed E-state index contributed by atoms with van der Waals surface area (Å²) in [6.07, 6.45) is 3.13. The van der Waals surface area contributed by atoms with Crippen molar-refractivity contribution in [2.45, 2.75) is 13.8 Å². The molecule has 0 amide bonds. The Morgan fingerprint density at radius 2 is 1.69 bits per heavy atom. The largest absolute Gasteiger partial charge is 0.293 e. The smallest absolute Gasteiger partial charge is 0.200 e. The molecule has 0 saturated carbocycles. The summed E-state index contributed by atoms with van der Waals surface area (Å²) in [7, 11) is 0. The fourth-order valence-corrected chi connectivity index (χ4v) is 3.55. The lowest BCUT2D eigenvalue weighted by atomic mass is 10.0. The molecule has 0 fully saturated rings. The number of hydrogen-bond acceptors (Lipinski definition) is 4. The van der Waals surface area contributed by atoms with Crippen LogP contribution in [0.15, 0.2) is 71.5 Å². The molecule has 0 spiro atoms. The number of aromatic nitrogens is 4. The van der Waals surface area contributed by atoms with E-state index in [1.165, 1.54) is 13.1 Å². The first-order valence-corrected chi connectivity index (χ1v) is 9.76. The molecule has 4 aromatic rings. The zero-order valence-electron chi connectivity index (χ0n) is 15.8. The Morgan fingerprint density at radius 3 is 2.38 bits per heavy atom. The maximum atomic E-state index is 13.3. The van der Waals surface area contributed by atoms with E-state index >= 15 is 0 Å². The van der Waals surface area contributed by atoms with Gasteiger partial charge in [0, 0.05) is 17.6 Å². The van der Waals surface area contributed by atoms with Crippen LogP contribution in [0.25, 0.3) is 11.4 Å². The number of ketones is 2. The second kappa shape index (κ2) is 7.60. The van der Waals surface area contributed by atoms with E-state index in [1.54, 1.807) is 15.6 Å². The molecule has 0 aliphatic carbocycles. The normalized spacial score (nSPS) is 10.9. The van der Waals surface area contributed by atoms with E-state index in [4.69, 9.17) is 0 Å². The summed E-state index contributed by atoms with van der Waals surface area (Å²) in [4.78, 5) is 25.4. The Kier molecular flexibility index (Phi) is 4.98. The first-order valence-electron chi connectivity index (χ1n) is 8.97. The average molecular weight is 449 g/mol. The van der Waals surface area contributed by atoms with Crippen molar-refractivity contribution in [1.82, 2.24) is 19.6 Å². The molecule has 4 rings (SSSR count). The van der Waals surface area contributed by atoms with E-state index < -0.39 is 0 Å². The molecule has 2 aromatic carbocycles. The number of nitrogens with zero attached hydrogens (tertiary/aromatic N) is 4. The van der Waals surface area contributed by atoms with Gasteiger partial charge >= 0.3 is 0 Å². The van der Waals surface area contributed by atoms with Gasteiger partial charge in [-0.3, -0.25) is 9.59 Å². The number of rotatable bonds is 5. The summed E-state index contributed by atoms with van der Waals surface area (Å²) in [6.45, 7) is 3.24. The van der Waals surface area contributed by atoms with E-state index in [1.807, 2.05) is 61.5 Å². The Balaban J connectivity index is 1.78. The lowest BCUT2D eigenvalue weighted by molar-refractivity contribution is 0.0987. The number of carbonyl (C=O) groups is 2. The van der Waals surface area contributed by atoms with Gasteiger partial charge in [0.2, 0.25) is 0 Å². The van der Waals surface area contributed by atoms with Crippen LogP contribution in [0.2, 0.25) is 0 Å². The molecule has 2 heterocycles. The minimum atomic E-state index is -0.281. The number of carbonyl (C=O) groups excluding carboxylic acids is 2. The van der Waals surface area contributed by atoms with Crippen molar-refractivity contribution in [1.29, 1.82) is 0 Å². The SMILES string of the molecule is CC(=O)c1nn(-c2cccc(Br)c2)cc1C(=O)c1cnn(-c2ccccc2)c1C. The standard InChI is InChI=1S/C22H17BrN4O2/c1-14-19(12-24-27(14)17-8-4-3-5-9-17)22(29)20-13-26(25-21(20)15(2)28)18-10-6-7-16(23)11-18/h3-13H,1-2H3. The highest BCUT2D eigenvalue weighted by Crippen LogP contribution is 2.22. The Labute approximate surface area is 175 Å². The van der Waals surface area contributed by atoms with Crippen molar-refractivity contribution < 1.29 is 9.59 Å². The zero-order chi connectivity index (χ0) is 20.5. The highest BCUT2D eigenvalue weighted by atomic mass is 79.9. The second-order valence-electron chi connectivity index (χ2n) is 6.59. The van der Waals surface area contributed by atoms with E-state index in [2.05, 4.69) is 26.1 Å². The Morgan fingerprint density at radius 1 is 0.966 bits per heavy atom. The van der Waals surface area contributed by atoms with Crippen LogP contribution in [0.4, 0.5) is 0 Å². The second-order valence-corrected chi connectivity index (χ2v) is 7.51. The van der Waals surface area contributed by atoms with Gasteiger partial charge in [0.1, 0.15) is 5.69 Å². The van der Waals surface area contributed by atoms with Crippen LogP contribution in [0.1, 0.15) is 39.0 Å². The molecular formula is C22H17BrN4O2. The fourth-order valence-electron chi connectivity index (χ4n) is 3.16. The van der Waals surface area contributed by atoms with Crippen molar-refractivity contribution in [2.75, 3.05) is 0 Å². The molecule has 144 valence electrons. The third-order valence-electron chi connectivity index (χ3n) is 4.62. The van der Waals surface area contributed by atoms with Gasteiger partial charge in [-0.1, -0.05) is 40.2 Å². The molecule has 0 atom stereocenters. The van der Waals surface area contributed by atoms with E-state index in [-0.39, 0.29) is 22.8 Å². The Hall–Kier alpha value is -3.32. The predicted octanol–water partition coefficient (Wildman–Crippen LogP) is 4.56. The van der Waals surface area contributed by atoms with Crippen LogP contribution < -0.4 is 0 Å². The Bertz CT molecular complexity index is 1220. The van der Waals surface area contributed by atoms with Gasteiger partial charge in [0.05, 0.1) is 34.4 Å². The minimum Gasteiger partial charge on any atom is -0.293 e. The average Bonchev–Trinajstić information content (AvgIpc) is 3.32. The molecule has 0 bridgehead atoms. The number of para-hydroxylation sites is 1. The van der Waals surface area contributed by atoms with Crippen LogP contribution >= 0.6 is 15.9 Å². The summed E-state index contributed by atoms with van der Waals surface area (Å²) < 4.78 is 4.13. The number of hydrogen-bond donors (Lipinski definition) is 0. The van der Waals surface area contributed by atoms with Crippen LogP contribution in [-0.4, -0.2) is 31.1 Å². The van der Waals surface area contributed by atoms with Crippen molar-refractivity contribution in [2.24, 2.45) is 0 Å². The number of Topliss-reactive ketones (excluding diaryl/α,β-unsaturated/α-hetero) is 1. The molecule has 0 N–H and O–H groups in total. The van der Waals surface area contributed by atoms with Crippen molar-refractivity contribution in [3.8, 4) is 11.4 Å². The monoisotopic (exact) mass is 448 g/mol. The van der Waals surface area contributed by atoms with Gasteiger partial charge < -0.3 is 0 Å². The van der Waals surface area contributed by atoms with Gasteiger partial charge in [-0.25, -0.2) is 9.36 Å². The van der Waals surface area contributed by atoms with Gasteiger partial charge in [-0.05, 0) is 37.3 Å². The molecule has 0 aliphatic rings. The quantitative estimate of drug-likeness (QED) is 0.419. The molecule has 0 aliphatic heterocycles. The summed E-state index contributed by atoms with van der Waals surface area (Å²) >= 11 is 3.43. The van der Waals surface area contributed by atoms with Crippen molar-refractivity contribution in [3.05, 3.63) is 94.0 Å². The molecule has 29 heavy (non-hydrogen) atoms. The summed E-state index contributed by atoms with van der Waals surface area (Å²) in [6, 6.07) is 17.1. The van der Waals surface area contributed by atoms with Crippen LogP contribution in [0.5, 0.6) is 0 Å². The third kappa shape index (κ3) is 3.56. The van der Waals surface area contributed by atoms with E-state index in [9.17, 15) is 9.59 Å². The van der Waals surface area contributed by atoms with Crippen LogP contribution in [-0.2, 0) is 0 Å². The summed E-state index contributed by atoms with van der Waals surface area (Å²) in [5.74, 6) is -0.550. The lowest BCUT2D eigenvalue weighted by Crippen LogP contribution is -2.08. The molecule has 7 heteroatoms. The lowest BCUT2D eigenvalue weighted by Gasteiger charge is -2.04. The van der Waals surface area contributed by atoms with Crippen molar-refractivity contribution >= 4 is 27.5 Å². The van der Waals surface area contributed by atoms with Crippen LogP contribution in [0.3, 0.4) is 0 Å². The first kappa shape index (κ1) is 19.0. The van der Waals surface area contributed by atoms with E-state index in [0.717, 1.165) is 15.8 Å². The number of halogens is 1. The van der Waals surface area contributed by atoms with Crippen LogP contribution in [0, 0.1) is 6.92 Å². The van der Waals surface area contributed by atoms with E-state index in [0.29, 0.717) is 11.3 Å². The van der Waals surface area contributed by atoms with Crippen molar-refractivity contribution in [3.63, 3.8) is 0 Å². The molecule has 0 saturated heterocycles. The maximum Gasteiger partial charge on any atom is 0.200 e. The third-order valence-corrected chi connectivity index (χ3v) is 5.11. The predicted molar refractivity (Wildman–Crippen MR) is 113 cm³/mol. The summed E-state index contributed by atoms with van der Waals surface area (Å²) in [5, 5.41) is 8.72. The topological polar surface area (TPSA) is 69.8 Å².